The SMILES string of the molecule is O=C1NCCC[C@@]12CCN(Cc1cnc(-c3cccs3)nc1)C2. The van der Waals surface area contributed by atoms with E-state index in [4.69, 9.17) is 0 Å². The number of likely N-dealkylation sites (tertiary alicyclic amines) is 1. The van der Waals surface area contributed by atoms with Gasteiger partial charge in [0, 0.05) is 37.6 Å². The van der Waals surface area contributed by atoms with E-state index in [1.807, 2.05) is 29.9 Å². The number of nitrogens with one attached hydrogen (secondary N) is 1. The van der Waals surface area contributed by atoms with Crippen molar-refractivity contribution >= 4 is 17.2 Å². The van der Waals surface area contributed by atoms with Gasteiger partial charge in [-0.05, 0) is 37.3 Å². The maximum Gasteiger partial charge on any atom is 0.227 e. The van der Waals surface area contributed by atoms with Gasteiger partial charge < -0.3 is 5.32 Å². The third-order valence-electron chi connectivity index (χ3n) is 4.89. The number of hydrogen-bond acceptors (Lipinski definition) is 5. The second-order valence-electron chi connectivity index (χ2n) is 6.49. The average molecular weight is 328 g/mol. The van der Waals surface area contributed by atoms with Gasteiger partial charge in [-0.15, -0.1) is 11.3 Å². The highest BCUT2D eigenvalue weighted by Crippen LogP contribution is 2.37. The lowest BCUT2D eigenvalue weighted by atomic mass is 9.79. The first-order valence-corrected chi connectivity index (χ1v) is 8.99. The minimum Gasteiger partial charge on any atom is -0.356 e. The summed E-state index contributed by atoms with van der Waals surface area (Å²) in [7, 11) is 0. The van der Waals surface area contributed by atoms with Crippen LogP contribution in [0.3, 0.4) is 0 Å². The third kappa shape index (κ3) is 2.88. The molecule has 2 aliphatic heterocycles. The van der Waals surface area contributed by atoms with Gasteiger partial charge in [0.05, 0.1) is 10.3 Å². The molecule has 1 amide bonds. The van der Waals surface area contributed by atoms with Crippen molar-refractivity contribution in [2.45, 2.75) is 25.8 Å². The molecule has 23 heavy (non-hydrogen) atoms. The third-order valence-corrected chi connectivity index (χ3v) is 5.75. The molecule has 1 N–H and O–H groups in total. The van der Waals surface area contributed by atoms with Crippen molar-refractivity contribution in [1.29, 1.82) is 0 Å². The zero-order valence-electron chi connectivity index (χ0n) is 13.0. The summed E-state index contributed by atoms with van der Waals surface area (Å²) in [6, 6.07) is 4.04. The molecule has 1 spiro atoms. The van der Waals surface area contributed by atoms with Crippen molar-refractivity contribution < 1.29 is 4.79 Å². The first kappa shape index (κ1) is 14.8. The van der Waals surface area contributed by atoms with Crippen LogP contribution >= 0.6 is 11.3 Å². The Labute approximate surface area is 139 Å². The van der Waals surface area contributed by atoms with Crippen molar-refractivity contribution in [2.75, 3.05) is 19.6 Å². The molecule has 120 valence electrons. The summed E-state index contributed by atoms with van der Waals surface area (Å²) in [6.07, 6.45) is 6.90. The van der Waals surface area contributed by atoms with Gasteiger partial charge >= 0.3 is 0 Å². The van der Waals surface area contributed by atoms with E-state index >= 15 is 0 Å². The second kappa shape index (κ2) is 6.02. The number of rotatable bonds is 3. The van der Waals surface area contributed by atoms with E-state index in [0.717, 1.165) is 61.7 Å². The topological polar surface area (TPSA) is 58.1 Å². The predicted octanol–water partition coefficient (Wildman–Crippen LogP) is 2.31. The van der Waals surface area contributed by atoms with Gasteiger partial charge in [-0.25, -0.2) is 9.97 Å². The molecule has 2 fully saturated rings. The van der Waals surface area contributed by atoms with E-state index in [0.29, 0.717) is 0 Å². The molecule has 2 aromatic rings. The lowest BCUT2D eigenvalue weighted by Crippen LogP contribution is -2.47. The fraction of sp³-hybridized carbons (Fsp3) is 0.471. The lowest BCUT2D eigenvalue weighted by Gasteiger charge is -2.32. The molecule has 0 unspecified atom stereocenters. The molecular weight excluding hydrogens is 308 g/mol. The average Bonchev–Trinajstić information content (AvgIpc) is 3.22. The first-order valence-electron chi connectivity index (χ1n) is 8.11. The van der Waals surface area contributed by atoms with Gasteiger partial charge in [0.2, 0.25) is 5.91 Å². The van der Waals surface area contributed by atoms with Crippen molar-refractivity contribution in [3.05, 3.63) is 35.5 Å². The van der Waals surface area contributed by atoms with Gasteiger partial charge in [-0.3, -0.25) is 9.69 Å². The van der Waals surface area contributed by atoms with E-state index in [-0.39, 0.29) is 11.3 Å². The van der Waals surface area contributed by atoms with E-state index in [1.165, 1.54) is 0 Å². The van der Waals surface area contributed by atoms with Gasteiger partial charge in [0.1, 0.15) is 0 Å². The van der Waals surface area contributed by atoms with Crippen LogP contribution < -0.4 is 5.32 Å². The Bertz CT molecular complexity index is 685. The van der Waals surface area contributed by atoms with Crippen LogP contribution in [0.1, 0.15) is 24.8 Å². The van der Waals surface area contributed by atoms with Crippen LogP contribution in [-0.4, -0.2) is 40.4 Å². The second-order valence-corrected chi connectivity index (χ2v) is 7.44. The number of amides is 1. The molecule has 6 heteroatoms. The molecule has 4 heterocycles. The number of aromatic nitrogens is 2. The van der Waals surface area contributed by atoms with Crippen LogP contribution in [0, 0.1) is 5.41 Å². The minimum absolute atomic E-state index is 0.157. The van der Waals surface area contributed by atoms with Crippen LogP contribution in [0.25, 0.3) is 10.7 Å². The highest BCUT2D eigenvalue weighted by atomic mass is 32.1. The van der Waals surface area contributed by atoms with Crippen LogP contribution in [-0.2, 0) is 11.3 Å². The summed E-state index contributed by atoms with van der Waals surface area (Å²) in [6.45, 7) is 3.48. The molecule has 0 saturated carbocycles. The molecule has 2 saturated heterocycles. The van der Waals surface area contributed by atoms with Gasteiger partial charge in [-0.2, -0.15) is 0 Å². The Morgan fingerprint density at radius 2 is 2.17 bits per heavy atom. The predicted molar refractivity (Wildman–Crippen MR) is 89.9 cm³/mol. The zero-order chi connectivity index (χ0) is 15.7. The maximum absolute atomic E-state index is 12.2. The van der Waals surface area contributed by atoms with Gasteiger partial charge in [-0.1, -0.05) is 6.07 Å². The van der Waals surface area contributed by atoms with Crippen molar-refractivity contribution in [1.82, 2.24) is 20.2 Å². The Morgan fingerprint density at radius 3 is 2.91 bits per heavy atom. The number of thiophene rings is 1. The summed E-state index contributed by atoms with van der Waals surface area (Å²) >= 11 is 1.65. The van der Waals surface area contributed by atoms with Crippen molar-refractivity contribution in [3.8, 4) is 10.7 Å². The quantitative estimate of drug-likeness (QED) is 0.939. The number of carbonyl (C=O) groups is 1. The number of piperidine rings is 1. The van der Waals surface area contributed by atoms with Crippen LogP contribution in [0.15, 0.2) is 29.9 Å². The van der Waals surface area contributed by atoms with Gasteiger partial charge in [0.15, 0.2) is 5.82 Å². The molecule has 4 rings (SSSR count). The fourth-order valence-electron chi connectivity index (χ4n) is 3.64. The largest absolute Gasteiger partial charge is 0.356 e. The van der Waals surface area contributed by atoms with Gasteiger partial charge in [0.25, 0.3) is 0 Å². The zero-order valence-corrected chi connectivity index (χ0v) is 13.8. The molecule has 2 aliphatic rings. The molecule has 0 aliphatic carbocycles. The smallest absolute Gasteiger partial charge is 0.227 e. The number of hydrogen-bond donors (Lipinski definition) is 1. The maximum atomic E-state index is 12.2. The molecule has 2 aromatic heterocycles. The molecular formula is C17H20N4OS. The van der Waals surface area contributed by atoms with E-state index in [2.05, 4.69) is 20.2 Å². The molecule has 0 bridgehead atoms. The normalized spacial score (nSPS) is 25.0. The van der Waals surface area contributed by atoms with E-state index in [9.17, 15) is 4.79 Å². The summed E-state index contributed by atoms with van der Waals surface area (Å²) in [5.41, 5.74) is 0.953. The highest BCUT2D eigenvalue weighted by Gasteiger charge is 2.45. The summed E-state index contributed by atoms with van der Waals surface area (Å²) in [5.74, 6) is 1.03. The number of nitrogens with zero attached hydrogens (tertiary/aromatic N) is 3. The van der Waals surface area contributed by atoms with E-state index < -0.39 is 0 Å². The number of carbonyl (C=O) groups excluding carboxylic acids is 1. The van der Waals surface area contributed by atoms with Crippen LogP contribution in [0.4, 0.5) is 0 Å². The Kier molecular flexibility index (Phi) is 3.87. The van der Waals surface area contributed by atoms with Crippen LogP contribution in [0.5, 0.6) is 0 Å². The van der Waals surface area contributed by atoms with Crippen molar-refractivity contribution in [3.63, 3.8) is 0 Å². The Hall–Kier alpha value is -1.79. The Morgan fingerprint density at radius 1 is 1.30 bits per heavy atom. The molecule has 0 radical (unpaired) electrons. The molecule has 0 aromatic carbocycles. The minimum atomic E-state index is -0.157. The fourth-order valence-corrected chi connectivity index (χ4v) is 4.31. The molecule has 1 atom stereocenters. The Balaban J connectivity index is 1.42. The monoisotopic (exact) mass is 328 g/mol. The molecule has 5 nitrogen and oxygen atoms in total. The summed E-state index contributed by atoms with van der Waals surface area (Å²) in [5, 5.41) is 5.07. The highest BCUT2D eigenvalue weighted by molar-refractivity contribution is 7.13. The van der Waals surface area contributed by atoms with E-state index in [1.54, 1.807) is 11.3 Å². The van der Waals surface area contributed by atoms with Crippen molar-refractivity contribution in [2.24, 2.45) is 5.41 Å². The van der Waals surface area contributed by atoms with Crippen LogP contribution in [0.2, 0.25) is 0 Å². The lowest BCUT2D eigenvalue weighted by molar-refractivity contribution is -0.132. The first-order chi connectivity index (χ1) is 11.3. The summed E-state index contributed by atoms with van der Waals surface area (Å²) < 4.78 is 0. The standard InChI is InChI=1S/C17H20N4OS/c22-16-17(4-2-6-18-16)5-7-21(12-17)11-13-9-19-15(20-10-13)14-3-1-8-23-14/h1,3,8-10H,2,4-7,11-12H2,(H,18,22)/t17-/m0/s1. The summed E-state index contributed by atoms with van der Waals surface area (Å²) in [4.78, 5) is 24.6.